The van der Waals surface area contributed by atoms with Crippen molar-refractivity contribution >= 4 is 11.6 Å². The molecule has 90 valence electrons. The number of nitrogens with zero attached hydrogens (tertiary/aromatic N) is 1. The fraction of sp³-hybridized carbons (Fsp3) is 0.538. The number of hydrogen-bond acceptors (Lipinski definition) is 2. The van der Waals surface area contributed by atoms with Crippen molar-refractivity contribution in [2.75, 3.05) is 20.6 Å². The molecular formula is C13H20ClNO. The summed E-state index contributed by atoms with van der Waals surface area (Å²) >= 11 is 6.17. The van der Waals surface area contributed by atoms with Crippen LogP contribution in [0.3, 0.4) is 0 Å². The van der Waals surface area contributed by atoms with E-state index in [4.69, 9.17) is 11.6 Å². The second kappa shape index (κ2) is 5.55. The van der Waals surface area contributed by atoms with Crippen molar-refractivity contribution in [2.24, 2.45) is 0 Å². The molecule has 0 saturated carbocycles. The van der Waals surface area contributed by atoms with Crippen molar-refractivity contribution in [1.29, 1.82) is 0 Å². The molecule has 1 rings (SSSR count). The third-order valence-electron chi connectivity index (χ3n) is 2.82. The lowest BCUT2D eigenvalue weighted by Gasteiger charge is -2.14. The molecule has 0 heterocycles. The Morgan fingerprint density at radius 1 is 1.31 bits per heavy atom. The molecule has 3 heteroatoms. The SMILES string of the molecule is Cc1cc(O)c(CCCN(C)C)c(C)c1Cl. The van der Waals surface area contributed by atoms with Crippen molar-refractivity contribution in [3.8, 4) is 5.75 Å². The molecule has 0 atom stereocenters. The summed E-state index contributed by atoms with van der Waals surface area (Å²) in [4.78, 5) is 2.14. The molecule has 1 N–H and O–H groups in total. The fourth-order valence-electron chi connectivity index (χ4n) is 1.86. The molecule has 1 aromatic rings. The van der Waals surface area contributed by atoms with Crippen LogP contribution in [0.25, 0.3) is 0 Å². The second-order valence-corrected chi connectivity index (χ2v) is 4.91. The zero-order chi connectivity index (χ0) is 12.3. The van der Waals surface area contributed by atoms with E-state index in [1.165, 1.54) is 0 Å². The quantitative estimate of drug-likeness (QED) is 0.876. The summed E-state index contributed by atoms with van der Waals surface area (Å²) in [6.07, 6.45) is 1.90. The van der Waals surface area contributed by atoms with Gasteiger partial charge in [-0.3, -0.25) is 0 Å². The van der Waals surface area contributed by atoms with Gasteiger partial charge in [-0.25, -0.2) is 0 Å². The topological polar surface area (TPSA) is 23.5 Å². The molecule has 0 bridgehead atoms. The summed E-state index contributed by atoms with van der Waals surface area (Å²) in [7, 11) is 4.10. The predicted octanol–water partition coefficient (Wildman–Crippen LogP) is 3.16. The van der Waals surface area contributed by atoms with Gasteiger partial charge in [0.05, 0.1) is 0 Å². The molecule has 0 spiro atoms. The zero-order valence-corrected chi connectivity index (χ0v) is 11.2. The van der Waals surface area contributed by atoms with Gasteiger partial charge in [0.2, 0.25) is 0 Å². The van der Waals surface area contributed by atoms with Crippen LogP contribution in [-0.4, -0.2) is 30.6 Å². The van der Waals surface area contributed by atoms with Crippen molar-refractivity contribution in [3.05, 3.63) is 27.8 Å². The first-order valence-corrected chi connectivity index (χ1v) is 5.93. The first-order chi connectivity index (χ1) is 7.43. The average molecular weight is 242 g/mol. The van der Waals surface area contributed by atoms with Crippen LogP contribution in [0.5, 0.6) is 5.75 Å². The van der Waals surface area contributed by atoms with E-state index in [1.807, 2.05) is 13.8 Å². The molecule has 0 radical (unpaired) electrons. The molecule has 0 saturated heterocycles. The molecule has 0 aromatic heterocycles. The Morgan fingerprint density at radius 3 is 2.50 bits per heavy atom. The van der Waals surface area contributed by atoms with E-state index in [2.05, 4.69) is 19.0 Å². The maximum atomic E-state index is 9.89. The molecule has 0 amide bonds. The second-order valence-electron chi connectivity index (χ2n) is 4.54. The molecule has 1 aromatic carbocycles. The van der Waals surface area contributed by atoms with Gasteiger partial charge in [-0.15, -0.1) is 0 Å². The van der Waals surface area contributed by atoms with Crippen LogP contribution in [0.15, 0.2) is 6.07 Å². The third-order valence-corrected chi connectivity index (χ3v) is 3.40. The van der Waals surface area contributed by atoms with E-state index in [0.717, 1.165) is 41.1 Å². The summed E-state index contributed by atoms with van der Waals surface area (Å²) in [6.45, 7) is 4.91. The maximum absolute atomic E-state index is 9.89. The first kappa shape index (κ1) is 13.3. The smallest absolute Gasteiger partial charge is 0.119 e. The number of rotatable bonds is 4. The van der Waals surface area contributed by atoms with Gasteiger partial charge in [0, 0.05) is 5.02 Å². The summed E-state index contributed by atoms with van der Waals surface area (Å²) < 4.78 is 0. The average Bonchev–Trinajstić information content (AvgIpc) is 2.19. The summed E-state index contributed by atoms with van der Waals surface area (Å²) in [5.74, 6) is 0.373. The maximum Gasteiger partial charge on any atom is 0.119 e. The standard InChI is InChI=1S/C13H20ClNO/c1-9-8-12(16)11(10(2)13(9)14)6-5-7-15(3)4/h8,16H,5-7H2,1-4H3. The van der Waals surface area contributed by atoms with Crippen molar-refractivity contribution < 1.29 is 5.11 Å². The number of phenolic OH excluding ortho intramolecular Hbond substituents is 1. The van der Waals surface area contributed by atoms with Gasteiger partial charge in [0.15, 0.2) is 0 Å². The Bertz CT molecular complexity index is 375. The van der Waals surface area contributed by atoms with Crippen molar-refractivity contribution in [2.45, 2.75) is 26.7 Å². The normalized spacial score (nSPS) is 11.1. The van der Waals surface area contributed by atoms with Gasteiger partial charge in [-0.2, -0.15) is 0 Å². The van der Waals surface area contributed by atoms with Crippen LogP contribution in [0.4, 0.5) is 0 Å². The van der Waals surface area contributed by atoms with Crippen LogP contribution in [0, 0.1) is 13.8 Å². The highest BCUT2D eigenvalue weighted by molar-refractivity contribution is 6.32. The van der Waals surface area contributed by atoms with Crippen molar-refractivity contribution in [3.63, 3.8) is 0 Å². The summed E-state index contributed by atoms with van der Waals surface area (Å²) in [6, 6.07) is 1.75. The Morgan fingerprint density at radius 2 is 1.94 bits per heavy atom. The molecule has 0 fully saturated rings. The lowest BCUT2D eigenvalue weighted by atomic mass is 10.00. The van der Waals surface area contributed by atoms with E-state index >= 15 is 0 Å². The molecule has 0 aliphatic heterocycles. The number of aryl methyl sites for hydroxylation is 1. The van der Waals surface area contributed by atoms with E-state index < -0.39 is 0 Å². The Balaban J connectivity index is 2.84. The third kappa shape index (κ3) is 3.13. The minimum Gasteiger partial charge on any atom is -0.508 e. The van der Waals surface area contributed by atoms with Crippen LogP contribution in [-0.2, 0) is 6.42 Å². The van der Waals surface area contributed by atoms with Crippen molar-refractivity contribution in [1.82, 2.24) is 4.90 Å². The highest BCUT2D eigenvalue weighted by Crippen LogP contribution is 2.31. The number of benzene rings is 1. The first-order valence-electron chi connectivity index (χ1n) is 5.55. The highest BCUT2D eigenvalue weighted by atomic mass is 35.5. The van der Waals surface area contributed by atoms with Gasteiger partial charge in [-0.1, -0.05) is 11.6 Å². The molecule has 0 aliphatic rings. The van der Waals surface area contributed by atoms with Gasteiger partial charge < -0.3 is 10.0 Å². The van der Waals surface area contributed by atoms with Crippen LogP contribution in [0.2, 0.25) is 5.02 Å². The molecule has 0 aliphatic carbocycles. The number of halogens is 1. The number of hydrogen-bond donors (Lipinski definition) is 1. The Kier molecular flexibility index (Phi) is 4.63. The Hall–Kier alpha value is -0.730. The fourth-order valence-corrected chi connectivity index (χ4v) is 2.03. The van der Waals surface area contributed by atoms with E-state index in [-0.39, 0.29) is 0 Å². The zero-order valence-electron chi connectivity index (χ0n) is 10.5. The summed E-state index contributed by atoms with van der Waals surface area (Å²) in [5, 5.41) is 10.7. The monoisotopic (exact) mass is 241 g/mol. The molecule has 0 unspecified atom stereocenters. The molecule has 2 nitrogen and oxygen atoms in total. The van der Waals surface area contributed by atoms with Crippen LogP contribution >= 0.6 is 11.6 Å². The minimum absolute atomic E-state index is 0.373. The van der Waals surface area contributed by atoms with Crippen LogP contribution < -0.4 is 0 Å². The molecular weight excluding hydrogens is 222 g/mol. The predicted molar refractivity (Wildman–Crippen MR) is 69.5 cm³/mol. The van der Waals surface area contributed by atoms with Gasteiger partial charge >= 0.3 is 0 Å². The van der Waals surface area contributed by atoms with Crippen LogP contribution in [0.1, 0.15) is 23.1 Å². The van der Waals surface area contributed by atoms with Gasteiger partial charge in [0.1, 0.15) is 5.75 Å². The molecule has 16 heavy (non-hydrogen) atoms. The number of phenols is 1. The lowest BCUT2D eigenvalue weighted by Crippen LogP contribution is -2.13. The minimum atomic E-state index is 0.373. The Labute approximate surface area is 103 Å². The van der Waals surface area contributed by atoms with E-state index in [1.54, 1.807) is 6.07 Å². The number of aromatic hydroxyl groups is 1. The van der Waals surface area contributed by atoms with E-state index in [9.17, 15) is 5.11 Å². The van der Waals surface area contributed by atoms with Gasteiger partial charge in [-0.05, 0) is 70.1 Å². The van der Waals surface area contributed by atoms with E-state index in [0.29, 0.717) is 5.75 Å². The van der Waals surface area contributed by atoms with Gasteiger partial charge in [0.25, 0.3) is 0 Å². The largest absolute Gasteiger partial charge is 0.508 e. The summed E-state index contributed by atoms with van der Waals surface area (Å²) in [5.41, 5.74) is 2.93. The highest BCUT2D eigenvalue weighted by Gasteiger charge is 2.11. The lowest BCUT2D eigenvalue weighted by molar-refractivity contribution is 0.397.